The number of aliphatic hydroxyl groups is 1. The second-order valence-electron chi connectivity index (χ2n) is 18.6. The molecule has 3 N–H and O–H groups in total. The minimum atomic E-state index is -0.631. The molecule has 380 valence electrons. The van der Waals surface area contributed by atoms with Gasteiger partial charge in [-0.15, -0.1) is 0 Å². The van der Waals surface area contributed by atoms with Gasteiger partial charge in [0.1, 0.15) is 67.4 Å². The summed E-state index contributed by atoms with van der Waals surface area (Å²) in [6, 6.07) is 26.2. The SMILES string of the molecule is Cc1nn(C(=O)OC(C)(C)C)c2cccc(OC[C@@H](O)CCCC3COc4ccccc4O3)c12.Cc1nn(C(=O)OC(C)(C)C)c2cccc(OC[C@@H]3CO3)c12.NCC1COc2ccccc2O1.S.S. The van der Waals surface area contributed by atoms with Gasteiger partial charge in [-0.2, -0.15) is 46.6 Å². The van der Waals surface area contributed by atoms with Gasteiger partial charge in [0.05, 0.1) is 45.9 Å². The van der Waals surface area contributed by atoms with Gasteiger partial charge in [0.15, 0.2) is 23.0 Å². The standard InChI is InChI=1S/C26H32N2O6.C16H20N2O4.C9H11NO2.2H2S/c1-17-24-20(28(27-17)25(30)34-26(2,3)4)11-8-14-23(24)31-15-18(29)9-7-10-19-16-32-21-12-5-6-13-22(21)33-19;1-10-14-12(18(17-10)15(19)22-16(2,3)4)6-5-7-13(14)21-9-11-8-20-11;10-5-7-6-11-8-3-1-2-4-9(8)12-7;;/h5-6,8,11-14,18-19,29H,7,9-10,15-16H2,1-4H3;5-7,11H,8-9H2,1-4H3;1-4,7H,5-6,10H2;2*1H2/t18-,19?;11-;;;/m00.../s1. The highest BCUT2D eigenvalue weighted by molar-refractivity contribution is 7.59. The molecule has 3 aliphatic heterocycles. The van der Waals surface area contributed by atoms with Crippen LogP contribution in [0.1, 0.15) is 72.2 Å². The van der Waals surface area contributed by atoms with Crippen molar-refractivity contribution < 1.29 is 57.3 Å². The third-order valence-corrected chi connectivity index (χ3v) is 10.5. The second kappa shape index (κ2) is 24.3. The third kappa shape index (κ3) is 14.8. The van der Waals surface area contributed by atoms with E-state index < -0.39 is 29.5 Å². The number of aromatic nitrogens is 4. The molecule has 70 heavy (non-hydrogen) atoms. The topological polar surface area (TPSA) is 202 Å². The van der Waals surface area contributed by atoms with Crippen molar-refractivity contribution in [1.82, 2.24) is 19.6 Å². The largest absolute Gasteiger partial charge is 0.490 e. The molecule has 6 aromatic rings. The number of hydrogen-bond acceptors (Lipinski definition) is 15. The number of aryl methyl sites for hydroxylation is 2. The predicted molar refractivity (Wildman–Crippen MR) is 275 cm³/mol. The second-order valence-corrected chi connectivity index (χ2v) is 18.6. The molecule has 4 aromatic carbocycles. The van der Waals surface area contributed by atoms with Gasteiger partial charge in [0.2, 0.25) is 0 Å². The molecule has 9 rings (SSSR count). The van der Waals surface area contributed by atoms with Gasteiger partial charge in [-0.1, -0.05) is 36.4 Å². The van der Waals surface area contributed by atoms with Crippen LogP contribution >= 0.6 is 27.0 Å². The van der Waals surface area contributed by atoms with E-state index in [1.165, 1.54) is 9.36 Å². The Hall–Kier alpha value is -5.86. The van der Waals surface area contributed by atoms with Gasteiger partial charge in [0, 0.05) is 6.54 Å². The van der Waals surface area contributed by atoms with Crippen molar-refractivity contribution in [2.45, 2.75) is 110 Å². The molecule has 4 atom stereocenters. The minimum absolute atomic E-state index is 0. The van der Waals surface area contributed by atoms with Crippen LogP contribution in [0.5, 0.6) is 34.5 Å². The first-order chi connectivity index (χ1) is 32.5. The average molecular weight is 1010 g/mol. The first-order valence-electron chi connectivity index (χ1n) is 22.9. The highest BCUT2D eigenvalue weighted by Crippen LogP contribution is 2.34. The van der Waals surface area contributed by atoms with Crippen molar-refractivity contribution in [3.05, 3.63) is 96.3 Å². The summed E-state index contributed by atoms with van der Waals surface area (Å²) < 4.78 is 52.9. The summed E-state index contributed by atoms with van der Waals surface area (Å²) in [5, 5.41) is 20.7. The molecule has 0 bridgehead atoms. The summed E-state index contributed by atoms with van der Waals surface area (Å²) in [5.74, 6) is 4.41. The molecule has 3 aliphatic rings. The summed E-state index contributed by atoms with van der Waals surface area (Å²) in [4.78, 5) is 24.9. The van der Waals surface area contributed by atoms with Gasteiger partial charge < -0.3 is 53.5 Å². The predicted octanol–water partition coefficient (Wildman–Crippen LogP) is 8.79. The summed E-state index contributed by atoms with van der Waals surface area (Å²) in [6.45, 7) is 17.5. The van der Waals surface area contributed by atoms with Crippen molar-refractivity contribution in [1.29, 1.82) is 0 Å². The van der Waals surface area contributed by atoms with Crippen LogP contribution in [0.4, 0.5) is 9.59 Å². The molecule has 1 fully saturated rings. The van der Waals surface area contributed by atoms with Crippen molar-refractivity contribution >= 4 is 61.0 Å². The fourth-order valence-electron chi connectivity index (χ4n) is 7.34. The van der Waals surface area contributed by atoms with E-state index in [0.29, 0.717) is 61.0 Å². The van der Waals surface area contributed by atoms with Crippen LogP contribution in [-0.4, -0.2) is 112 Å². The number of rotatable bonds is 11. The summed E-state index contributed by atoms with van der Waals surface area (Å²) in [5.41, 5.74) is 6.93. The minimum Gasteiger partial charge on any atom is -0.490 e. The Bertz CT molecular complexity index is 2680. The molecule has 0 aliphatic carbocycles. The van der Waals surface area contributed by atoms with Gasteiger partial charge in [-0.25, -0.2) is 9.59 Å². The zero-order valence-electron chi connectivity index (χ0n) is 41.1. The van der Waals surface area contributed by atoms with Crippen LogP contribution in [0.25, 0.3) is 21.8 Å². The van der Waals surface area contributed by atoms with Gasteiger partial charge >= 0.3 is 12.2 Å². The number of para-hydroxylation sites is 4. The number of carbonyl (C=O) groups is 2. The van der Waals surface area contributed by atoms with Gasteiger partial charge in [0.25, 0.3) is 0 Å². The van der Waals surface area contributed by atoms with E-state index in [1.54, 1.807) is 12.1 Å². The van der Waals surface area contributed by atoms with E-state index in [0.717, 1.165) is 58.9 Å². The van der Waals surface area contributed by atoms with Crippen LogP contribution in [0.2, 0.25) is 0 Å². The number of nitrogens with two attached hydrogens (primary N) is 1. The molecule has 5 heterocycles. The molecule has 2 unspecified atom stereocenters. The van der Waals surface area contributed by atoms with Crippen LogP contribution in [0.15, 0.2) is 84.9 Å². The van der Waals surface area contributed by atoms with Crippen molar-refractivity contribution in [3.8, 4) is 34.5 Å². The maximum absolute atomic E-state index is 12.6. The molecular weight excluding hydrogens is 939 g/mol. The van der Waals surface area contributed by atoms with E-state index in [9.17, 15) is 14.7 Å². The van der Waals surface area contributed by atoms with Crippen molar-refractivity contribution in [3.63, 3.8) is 0 Å². The van der Waals surface area contributed by atoms with E-state index >= 15 is 0 Å². The molecular formula is C51H67N5O12S2. The third-order valence-electron chi connectivity index (χ3n) is 10.5. The quantitative estimate of drug-likeness (QED) is 0.117. The molecule has 19 heteroatoms. The first kappa shape index (κ1) is 55.1. The Morgan fingerprint density at radius 3 is 1.60 bits per heavy atom. The zero-order valence-corrected chi connectivity index (χ0v) is 43.1. The molecule has 2 aromatic heterocycles. The highest BCUT2D eigenvalue weighted by atomic mass is 32.1. The molecule has 1 saturated heterocycles. The fourth-order valence-corrected chi connectivity index (χ4v) is 7.34. The molecule has 0 radical (unpaired) electrons. The monoisotopic (exact) mass is 1010 g/mol. The molecule has 17 nitrogen and oxygen atoms in total. The van der Waals surface area contributed by atoms with Crippen molar-refractivity contribution in [2.24, 2.45) is 5.73 Å². The van der Waals surface area contributed by atoms with Crippen LogP contribution < -0.4 is 34.2 Å². The Kier molecular flexibility index (Phi) is 19.1. The van der Waals surface area contributed by atoms with Crippen LogP contribution in [0.3, 0.4) is 0 Å². The normalized spacial score (nSPS) is 17.0. The van der Waals surface area contributed by atoms with E-state index in [4.69, 9.17) is 48.4 Å². The fraction of sp³-hybridized carbons (Fsp3) is 0.451. The van der Waals surface area contributed by atoms with Crippen molar-refractivity contribution in [2.75, 3.05) is 39.6 Å². The number of hydrogen-bond donors (Lipinski definition) is 2. The Balaban J connectivity index is 0.000000216. The van der Waals surface area contributed by atoms with E-state index in [2.05, 4.69) is 10.2 Å². The number of ether oxygens (including phenoxy) is 9. The number of benzene rings is 4. The number of nitrogens with zero attached hydrogens (tertiary/aromatic N) is 4. The maximum atomic E-state index is 12.6. The number of carbonyl (C=O) groups excluding carboxylic acids is 2. The summed E-state index contributed by atoms with van der Waals surface area (Å²) >= 11 is 0. The summed E-state index contributed by atoms with van der Waals surface area (Å²) in [6.07, 6.45) is 0.618. The Labute approximate surface area is 422 Å². The Morgan fingerprint density at radius 1 is 0.671 bits per heavy atom. The molecule has 0 spiro atoms. The lowest BCUT2D eigenvalue weighted by Crippen LogP contribution is -2.35. The average Bonchev–Trinajstić information content (AvgIpc) is 3.99. The zero-order chi connectivity index (χ0) is 48.6. The summed E-state index contributed by atoms with van der Waals surface area (Å²) in [7, 11) is 0. The van der Waals surface area contributed by atoms with E-state index in [-0.39, 0.29) is 51.9 Å². The first-order valence-corrected chi connectivity index (χ1v) is 22.9. The lowest BCUT2D eigenvalue weighted by atomic mass is 10.1. The van der Waals surface area contributed by atoms with Gasteiger partial charge in [-0.3, -0.25) is 0 Å². The number of aliphatic hydroxyl groups excluding tert-OH is 1. The number of fused-ring (bicyclic) bond motifs is 4. The lowest BCUT2D eigenvalue weighted by Gasteiger charge is -2.26. The molecule has 0 amide bonds. The number of epoxide rings is 1. The molecule has 0 saturated carbocycles. The highest BCUT2D eigenvalue weighted by Gasteiger charge is 2.27. The van der Waals surface area contributed by atoms with Crippen LogP contribution in [0, 0.1) is 13.8 Å². The van der Waals surface area contributed by atoms with Gasteiger partial charge in [-0.05, 0) is 123 Å². The van der Waals surface area contributed by atoms with Crippen LogP contribution in [-0.2, 0) is 14.2 Å². The lowest BCUT2D eigenvalue weighted by molar-refractivity contribution is 0.0511. The van der Waals surface area contributed by atoms with E-state index in [1.807, 2.05) is 128 Å². The smallest absolute Gasteiger partial charge is 0.435 e. The maximum Gasteiger partial charge on any atom is 0.435 e. The Morgan fingerprint density at radius 2 is 1.13 bits per heavy atom.